The van der Waals surface area contributed by atoms with Gasteiger partial charge in [0.1, 0.15) is 11.6 Å². The van der Waals surface area contributed by atoms with Crippen molar-refractivity contribution in [2.45, 2.75) is 25.7 Å². The summed E-state index contributed by atoms with van der Waals surface area (Å²) in [6, 6.07) is 3.44. The molecule has 98 valence electrons. The molecule has 0 radical (unpaired) electrons. The molecule has 1 saturated heterocycles. The first-order valence-corrected chi connectivity index (χ1v) is 6.58. The van der Waals surface area contributed by atoms with Crippen molar-refractivity contribution in [1.82, 2.24) is 4.90 Å². The second kappa shape index (κ2) is 6.09. The quantitative estimate of drug-likeness (QED) is 0.786. The molecule has 1 aromatic carbocycles. The number of hydrogen-bond acceptors (Lipinski definition) is 1. The Balaban J connectivity index is 2.01. The minimum Gasteiger partial charge on any atom is -0.349 e. The molecule has 1 aromatic rings. The van der Waals surface area contributed by atoms with Crippen molar-refractivity contribution in [2.75, 3.05) is 18.4 Å². The van der Waals surface area contributed by atoms with Gasteiger partial charge in [0.05, 0.1) is 5.69 Å². The Bertz CT molecular complexity index is 429. The van der Waals surface area contributed by atoms with Crippen molar-refractivity contribution in [2.24, 2.45) is 0 Å². The Morgan fingerprint density at radius 3 is 2.39 bits per heavy atom. The SMILES string of the molecule is Fc1ccc(NC(=S)N2CCCCCC2)c(F)c1. The van der Waals surface area contributed by atoms with Crippen molar-refractivity contribution in [3.8, 4) is 0 Å². The van der Waals surface area contributed by atoms with Crippen LogP contribution in [0.15, 0.2) is 18.2 Å². The van der Waals surface area contributed by atoms with E-state index in [-0.39, 0.29) is 5.69 Å². The Morgan fingerprint density at radius 2 is 1.78 bits per heavy atom. The number of nitrogens with zero attached hydrogens (tertiary/aromatic N) is 1. The molecule has 2 rings (SSSR count). The van der Waals surface area contributed by atoms with Gasteiger partial charge >= 0.3 is 0 Å². The summed E-state index contributed by atoms with van der Waals surface area (Å²) < 4.78 is 26.3. The second-order valence-corrected chi connectivity index (χ2v) is 4.84. The average Bonchev–Trinajstić information content (AvgIpc) is 2.61. The first-order valence-electron chi connectivity index (χ1n) is 6.18. The van der Waals surface area contributed by atoms with E-state index < -0.39 is 11.6 Å². The molecule has 0 saturated carbocycles. The van der Waals surface area contributed by atoms with E-state index in [0.717, 1.165) is 32.0 Å². The fraction of sp³-hybridized carbons (Fsp3) is 0.462. The van der Waals surface area contributed by atoms with Crippen molar-refractivity contribution in [3.63, 3.8) is 0 Å². The Labute approximate surface area is 111 Å². The monoisotopic (exact) mass is 270 g/mol. The van der Waals surface area contributed by atoms with E-state index >= 15 is 0 Å². The summed E-state index contributed by atoms with van der Waals surface area (Å²) in [6.07, 6.45) is 4.63. The maximum absolute atomic E-state index is 13.5. The molecule has 0 atom stereocenters. The van der Waals surface area contributed by atoms with E-state index in [2.05, 4.69) is 5.32 Å². The molecular weight excluding hydrogens is 254 g/mol. The van der Waals surface area contributed by atoms with Crippen LogP contribution in [0.25, 0.3) is 0 Å². The summed E-state index contributed by atoms with van der Waals surface area (Å²) in [5, 5.41) is 3.37. The molecule has 1 fully saturated rings. The van der Waals surface area contributed by atoms with E-state index in [9.17, 15) is 8.78 Å². The molecule has 1 aliphatic heterocycles. The van der Waals surface area contributed by atoms with Crippen molar-refractivity contribution < 1.29 is 8.78 Å². The number of nitrogens with one attached hydrogen (secondary N) is 1. The fourth-order valence-corrected chi connectivity index (χ4v) is 2.35. The maximum Gasteiger partial charge on any atom is 0.173 e. The molecular formula is C13H16F2N2S. The lowest BCUT2D eigenvalue weighted by molar-refractivity contribution is 0.441. The first kappa shape index (κ1) is 13.2. The van der Waals surface area contributed by atoms with Gasteiger partial charge < -0.3 is 10.2 Å². The van der Waals surface area contributed by atoms with Gasteiger partial charge in [-0.15, -0.1) is 0 Å². The largest absolute Gasteiger partial charge is 0.349 e. The highest BCUT2D eigenvalue weighted by Crippen LogP contribution is 2.17. The summed E-state index contributed by atoms with van der Waals surface area (Å²) >= 11 is 5.26. The van der Waals surface area contributed by atoms with E-state index in [1.807, 2.05) is 4.90 Å². The second-order valence-electron chi connectivity index (χ2n) is 4.46. The summed E-state index contributed by atoms with van der Waals surface area (Å²) in [5.41, 5.74) is 0.227. The number of thiocarbonyl (C=S) groups is 1. The Kier molecular flexibility index (Phi) is 4.47. The van der Waals surface area contributed by atoms with Crippen LogP contribution in [0.2, 0.25) is 0 Å². The van der Waals surface area contributed by atoms with Gasteiger partial charge in [0.15, 0.2) is 5.11 Å². The zero-order chi connectivity index (χ0) is 13.0. The first-order chi connectivity index (χ1) is 8.66. The number of rotatable bonds is 1. The van der Waals surface area contributed by atoms with Gasteiger partial charge in [-0.3, -0.25) is 0 Å². The van der Waals surface area contributed by atoms with Crippen LogP contribution in [0.1, 0.15) is 25.7 Å². The summed E-state index contributed by atoms with van der Waals surface area (Å²) in [7, 11) is 0. The van der Waals surface area contributed by atoms with Crippen LogP contribution in [0.5, 0.6) is 0 Å². The Hall–Kier alpha value is -1.23. The molecule has 0 spiro atoms. The highest BCUT2D eigenvalue weighted by atomic mass is 32.1. The fourth-order valence-electron chi connectivity index (χ4n) is 2.06. The number of hydrogen-bond donors (Lipinski definition) is 1. The van der Waals surface area contributed by atoms with Crippen LogP contribution in [0, 0.1) is 11.6 Å². The number of likely N-dealkylation sites (tertiary alicyclic amines) is 1. The molecule has 1 N–H and O–H groups in total. The van der Waals surface area contributed by atoms with Crippen molar-refractivity contribution >= 4 is 23.0 Å². The van der Waals surface area contributed by atoms with E-state index in [0.29, 0.717) is 5.11 Å². The lowest BCUT2D eigenvalue weighted by atomic mass is 10.2. The molecule has 1 heterocycles. The van der Waals surface area contributed by atoms with Crippen LogP contribution >= 0.6 is 12.2 Å². The van der Waals surface area contributed by atoms with Gasteiger partial charge in [-0.25, -0.2) is 8.78 Å². The molecule has 18 heavy (non-hydrogen) atoms. The molecule has 0 aliphatic carbocycles. The van der Waals surface area contributed by atoms with Crippen LogP contribution in [0.3, 0.4) is 0 Å². The lowest BCUT2D eigenvalue weighted by Crippen LogP contribution is -2.35. The molecule has 0 unspecified atom stereocenters. The van der Waals surface area contributed by atoms with Crippen LogP contribution in [-0.4, -0.2) is 23.1 Å². The third-order valence-corrected chi connectivity index (χ3v) is 3.43. The zero-order valence-corrected chi connectivity index (χ0v) is 10.9. The minimum absolute atomic E-state index is 0.227. The van der Waals surface area contributed by atoms with Gasteiger partial charge in [-0.05, 0) is 37.2 Å². The summed E-state index contributed by atoms with van der Waals surface area (Å²) in [4.78, 5) is 2.05. The topological polar surface area (TPSA) is 15.3 Å². The van der Waals surface area contributed by atoms with Gasteiger partial charge in [0.2, 0.25) is 0 Å². The molecule has 0 aromatic heterocycles. The number of anilines is 1. The summed E-state index contributed by atoms with van der Waals surface area (Å²) in [5.74, 6) is -1.20. The van der Waals surface area contributed by atoms with E-state index in [1.165, 1.54) is 25.0 Å². The minimum atomic E-state index is -0.618. The molecule has 0 amide bonds. The highest BCUT2D eigenvalue weighted by Gasteiger charge is 2.13. The van der Waals surface area contributed by atoms with Crippen LogP contribution < -0.4 is 5.32 Å². The average molecular weight is 270 g/mol. The number of benzene rings is 1. The molecule has 0 bridgehead atoms. The molecule has 2 nitrogen and oxygen atoms in total. The third-order valence-electron chi connectivity index (χ3n) is 3.07. The summed E-state index contributed by atoms with van der Waals surface area (Å²) in [6.45, 7) is 1.79. The molecule has 1 aliphatic rings. The van der Waals surface area contributed by atoms with E-state index in [4.69, 9.17) is 12.2 Å². The lowest BCUT2D eigenvalue weighted by Gasteiger charge is -2.24. The van der Waals surface area contributed by atoms with Crippen molar-refractivity contribution in [1.29, 1.82) is 0 Å². The highest BCUT2D eigenvalue weighted by molar-refractivity contribution is 7.80. The number of halogens is 2. The standard InChI is InChI=1S/C13H16F2N2S/c14-10-5-6-12(11(15)9-10)16-13(18)17-7-3-1-2-4-8-17/h5-6,9H,1-4,7-8H2,(H,16,18). The maximum atomic E-state index is 13.5. The zero-order valence-electron chi connectivity index (χ0n) is 10.1. The predicted octanol–water partition coefficient (Wildman–Crippen LogP) is 3.54. The van der Waals surface area contributed by atoms with Gasteiger partial charge in [-0.2, -0.15) is 0 Å². The smallest absolute Gasteiger partial charge is 0.173 e. The Morgan fingerprint density at radius 1 is 1.11 bits per heavy atom. The molecule has 5 heteroatoms. The van der Waals surface area contributed by atoms with Crippen LogP contribution in [0.4, 0.5) is 14.5 Å². The van der Waals surface area contributed by atoms with E-state index in [1.54, 1.807) is 0 Å². The van der Waals surface area contributed by atoms with Gasteiger partial charge in [0.25, 0.3) is 0 Å². The predicted molar refractivity (Wildman–Crippen MR) is 72.6 cm³/mol. The van der Waals surface area contributed by atoms with Crippen LogP contribution in [-0.2, 0) is 0 Å². The van der Waals surface area contributed by atoms with Gasteiger partial charge in [0, 0.05) is 19.2 Å². The van der Waals surface area contributed by atoms with Gasteiger partial charge in [-0.1, -0.05) is 12.8 Å². The normalized spacial score (nSPS) is 16.2. The van der Waals surface area contributed by atoms with Crippen molar-refractivity contribution in [3.05, 3.63) is 29.8 Å². The third kappa shape index (κ3) is 3.38.